The Labute approximate surface area is 443 Å². The Morgan fingerprint density at radius 1 is 0.494 bits per heavy atom. The number of hydrogen-bond acceptors (Lipinski definition) is 13. The molecule has 2 saturated carbocycles. The molecule has 0 aliphatic heterocycles. The van der Waals surface area contributed by atoms with Crippen LogP contribution in [0.4, 0.5) is 8.78 Å². The number of pyridine rings is 2. The van der Waals surface area contributed by atoms with E-state index < -0.39 is 16.8 Å². The maximum atomic E-state index is 13.1. The third kappa shape index (κ3) is 13.0. The van der Waals surface area contributed by atoms with E-state index in [1.165, 1.54) is 24.3 Å². The van der Waals surface area contributed by atoms with Crippen molar-refractivity contribution < 1.29 is 61.5 Å². The molecule has 77 heavy (non-hydrogen) atoms. The van der Waals surface area contributed by atoms with Crippen molar-refractivity contribution in [3.8, 4) is 46.0 Å². The van der Waals surface area contributed by atoms with E-state index in [-0.39, 0.29) is 48.2 Å². The number of Topliss-reactive ketones (excluding diaryl/α,β-unsaturated/α-hetero) is 3. The van der Waals surface area contributed by atoms with Gasteiger partial charge in [-0.15, -0.1) is 0 Å². The number of carbonyl (C=O) groups excluding carboxylic acids is 3. The average molecular weight is 1050 g/mol. The molecular formula is C61H57F2N3O11. The third-order valence-corrected chi connectivity index (χ3v) is 13.7. The molecule has 14 nitrogen and oxygen atoms in total. The first-order valence-electron chi connectivity index (χ1n) is 24.8. The Bertz CT molecular complexity index is 3400. The third-order valence-electron chi connectivity index (χ3n) is 13.7. The predicted octanol–water partition coefficient (Wildman–Crippen LogP) is 11.6. The fraction of sp³-hybridized carbons (Fsp3) is 0.246. The zero-order chi connectivity index (χ0) is 54.7. The van der Waals surface area contributed by atoms with Crippen molar-refractivity contribution in [1.29, 1.82) is 0 Å². The van der Waals surface area contributed by atoms with E-state index >= 15 is 0 Å². The van der Waals surface area contributed by atoms with Crippen LogP contribution in [-0.2, 0) is 45.0 Å². The predicted molar refractivity (Wildman–Crippen MR) is 285 cm³/mol. The number of hydrogen-bond donors (Lipinski definition) is 2. The molecule has 0 unspecified atom stereocenters. The summed E-state index contributed by atoms with van der Waals surface area (Å²) in [5, 5.41) is 10.8. The van der Waals surface area contributed by atoms with Gasteiger partial charge in [0.15, 0.2) is 34.6 Å². The zero-order valence-electron chi connectivity index (χ0n) is 43.0. The minimum absolute atomic E-state index is 0.0246. The van der Waals surface area contributed by atoms with E-state index in [0.717, 1.165) is 33.0 Å². The smallest absolute Gasteiger partial charge is 0.317 e. The number of methoxy groups -OCH3 is 4. The molecule has 10 rings (SSSR count). The zero-order valence-corrected chi connectivity index (χ0v) is 43.0. The normalized spacial score (nSPS) is 13.4. The number of ketones is 3. The molecule has 0 saturated heterocycles. The van der Waals surface area contributed by atoms with Crippen molar-refractivity contribution in [2.24, 2.45) is 16.6 Å². The van der Waals surface area contributed by atoms with Crippen LogP contribution >= 0.6 is 0 Å². The van der Waals surface area contributed by atoms with Gasteiger partial charge < -0.3 is 39.3 Å². The molecular weight excluding hydrogens is 989 g/mol. The van der Waals surface area contributed by atoms with E-state index in [4.69, 9.17) is 34.2 Å². The molecule has 0 radical (unpaired) electrons. The molecule has 0 spiro atoms. The van der Waals surface area contributed by atoms with Crippen LogP contribution in [0.3, 0.4) is 0 Å². The molecule has 3 N–H and O–H groups in total. The van der Waals surface area contributed by atoms with Gasteiger partial charge in [0.1, 0.15) is 45.8 Å². The Morgan fingerprint density at radius 3 is 1.25 bits per heavy atom. The number of aryl methyl sites for hydroxylation is 1. The lowest BCUT2D eigenvalue weighted by Crippen LogP contribution is -2.27. The molecule has 396 valence electrons. The number of aromatic nitrogens is 2. The van der Waals surface area contributed by atoms with Crippen molar-refractivity contribution in [3.05, 3.63) is 180 Å². The fourth-order valence-corrected chi connectivity index (χ4v) is 8.73. The van der Waals surface area contributed by atoms with Gasteiger partial charge in [-0.3, -0.25) is 29.1 Å². The number of halogens is 2. The summed E-state index contributed by atoms with van der Waals surface area (Å²) < 4.78 is 58.9. The van der Waals surface area contributed by atoms with Crippen LogP contribution in [0.5, 0.6) is 46.0 Å². The first-order chi connectivity index (χ1) is 37.2. The molecule has 2 heterocycles. The number of aliphatic carboxylic acids is 1. The number of rotatable bonds is 20. The van der Waals surface area contributed by atoms with Crippen molar-refractivity contribution in [3.63, 3.8) is 0 Å². The first-order valence-corrected chi connectivity index (χ1v) is 24.8. The van der Waals surface area contributed by atoms with Gasteiger partial charge in [-0.2, -0.15) is 0 Å². The lowest BCUT2D eigenvalue weighted by Gasteiger charge is -2.14. The van der Waals surface area contributed by atoms with Crippen LogP contribution < -0.4 is 34.2 Å². The summed E-state index contributed by atoms with van der Waals surface area (Å²) in [6.45, 7) is 0.472. The first kappa shape index (κ1) is 54.5. The van der Waals surface area contributed by atoms with Gasteiger partial charge in [0, 0.05) is 61.1 Å². The molecule has 2 fully saturated rings. The summed E-state index contributed by atoms with van der Waals surface area (Å²) >= 11 is 0. The van der Waals surface area contributed by atoms with Gasteiger partial charge in [0.05, 0.1) is 44.9 Å². The van der Waals surface area contributed by atoms with Crippen LogP contribution in [0.1, 0.15) is 54.4 Å². The lowest BCUT2D eigenvalue weighted by molar-refractivity contribution is -0.148. The summed E-state index contributed by atoms with van der Waals surface area (Å²) in [7, 11) is 6.28. The Kier molecular flexibility index (Phi) is 17.2. The minimum atomic E-state index is -1.18. The summed E-state index contributed by atoms with van der Waals surface area (Å²) in [5.41, 5.74) is 8.07. The average Bonchev–Trinajstić information content (AvgIpc) is 4.41. The highest BCUT2D eigenvalue weighted by atomic mass is 19.1. The molecule has 6 aromatic carbocycles. The summed E-state index contributed by atoms with van der Waals surface area (Å²) in [6, 6.07) is 37.4. The van der Waals surface area contributed by atoms with Gasteiger partial charge in [0.2, 0.25) is 0 Å². The lowest BCUT2D eigenvalue weighted by atomic mass is 9.88. The van der Waals surface area contributed by atoms with E-state index in [1.54, 1.807) is 114 Å². The highest BCUT2D eigenvalue weighted by Crippen LogP contribution is 2.50. The van der Waals surface area contributed by atoms with Crippen molar-refractivity contribution in [2.75, 3.05) is 28.4 Å². The Morgan fingerprint density at radius 2 is 0.870 bits per heavy atom. The van der Waals surface area contributed by atoms with Gasteiger partial charge in [-0.1, -0.05) is 48.5 Å². The van der Waals surface area contributed by atoms with E-state index in [9.17, 15) is 33.1 Å². The highest BCUT2D eigenvalue weighted by Gasteiger charge is 2.56. The quantitative estimate of drug-likeness (QED) is 0.0684. The van der Waals surface area contributed by atoms with Gasteiger partial charge in [0.25, 0.3) is 0 Å². The SMILES string of the molecule is COc1cc2nccc(Oc3ccc(CC(=O)C4(C(=O)CCc5ccc(F)cc5)CC4)cc3)c2cc1OC.COc1cc2nccc(Oc3ccc(CC(=O)C4(C(=O)O)CC4)cc3)c2cc1OC.NCc1ccc(F)cc1. The molecule has 2 aromatic heterocycles. The van der Waals surface area contributed by atoms with E-state index in [2.05, 4.69) is 9.97 Å². The second kappa shape index (κ2) is 24.3. The van der Waals surface area contributed by atoms with Crippen LogP contribution in [0, 0.1) is 22.5 Å². The molecule has 8 aromatic rings. The van der Waals surface area contributed by atoms with Crippen LogP contribution in [-0.4, -0.2) is 66.8 Å². The van der Waals surface area contributed by atoms with Crippen LogP contribution in [0.25, 0.3) is 21.8 Å². The second-order valence-electron chi connectivity index (χ2n) is 18.6. The van der Waals surface area contributed by atoms with Crippen molar-refractivity contribution in [2.45, 2.75) is 57.9 Å². The fourth-order valence-electron chi connectivity index (χ4n) is 8.73. The number of nitrogens with zero attached hydrogens (tertiary/aromatic N) is 2. The van der Waals surface area contributed by atoms with E-state index in [0.29, 0.717) is 95.7 Å². The molecule has 0 atom stereocenters. The van der Waals surface area contributed by atoms with Crippen LogP contribution in [0.2, 0.25) is 0 Å². The highest BCUT2D eigenvalue weighted by molar-refractivity contribution is 6.10. The number of benzene rings is 6. The number of carboxylic acids is 1. The maximum Gasteiger partial charge on any atom is 0.317 e. The van der Waals surface area contributed by atoms with Gasteiger partial charge >= 0.3 is 5.97 Å². The van der Waals surface area contributed by atoms with Gasteiger partial charge in [-0.25, -0.2) is 8.78 Å². The monoisotopic (exact) mass is 1050 g/mol. The standard InChI is InChI=1S/C31H28FNO5.C23H21NO6.C7H8FN/c1-36-27-18-24-25(19-28(27)37-2)33-16-13-26(24)38-23-10-5-21(6-11-23)17-30(35)31(14-15-31)29(34)12-7-20-3-8-22(32)9-4-20;1-28-19-12-16-17(13-20(19)29-2)24-10-7-18(16)30-15-5-3-14(4-6-15)11-21(25)23(8-9-23)22(26)27;8-7-3-1-6(5-9)2-4-7/h3-6,8-11,13,16,18-19H,7,12,14-15,17H2,1-2H3;3-7,10,12-13H,8-9,11H2,1-2H3,(H,26,27);1-4H,5,9H2. The molecule has 0 bridgehead atoms. The summed E-state index contributed by atoms with van der Waals surface area (Å²) in [6.07, 6.45) is 6.42. The number of carboxylic acid groups (broad SMARTS) is 1. The number of nitrogens with two attached hydrogens (primary N) is 1. The van der Waals surface area contributed by atoms with Crippen LogP contribution in [0.15, 0.2) is 146 Å². The molecule has 16 heteroatoms. The summed E-state index contributed by atoms with van der Waals surface area (Å²) in [5.74, 6) is 2.88. The molecule has 0 amide bonds. The summed E-state index contributed by atoms with van der Waals surface area (Å²) in [4.78, 5) is 58.4. The largest absolute Gasteiger partial charge is 0.493 e. The second-order valence-corrected chi connectivity index (χ2v) is 18.6. The van der Waals surface area contributed by atoms with Crippen molar-refractivity contribution in [1.82, 2.24) is 9.97 Å². The Balaban J connectivity index is 0.000000178. The van der Waals surface area contributed by atoms with Crippen molar-refractivity contribution >= 4 is 45.1 Å². The van der Waals surface area contributed by atoms with E-state index in [1.807, 2.05) is 36.4 Å². The number of ether oxygens (including phenoxy) is 6. The Hall–Kier alpha value is -8.76. The molecule has 2 aliphatic rings. The van der Waals surface area contributed by atoms with Gasteiger partial charge in [-0.05, 0) is 127 Å². The number of fused-ring (bicyclic) bond motifs is 2. The number of carbonyl (C=O) groups is 4. The molecule has 2 aliphatic carbocycles. The maximum absolute atomic E-state index is 13.1. The minimum Gasteiger partial charge on any atom is -0.493 e. The topological polar surface area (TPSA) is 196 Å².